The van der Waals surface area contributed by atoms with Crippen LogP contribution in [0.25, 0.3) is 0 Å². The Balaban J connectivity index is 1.83. The zero-order valence-electron chi connectivity index (χ0n) is 18.1. The molecule has 168 valence electrons. The number of carbonyl (C=O) groups is 1. The number of methoxy groups -OCH3 is 1. The molecule has 0 aromatic heterocycles. The van der Waals surface area contributed by atoms with Crippen LogP contribution >= 0.6 is 0 Å². The first-order chi connectivity index (χ1) is 16.0. The maximum Gasteiger partial charge on any atom is 0.276 e. The molecule has 1 amide bonds. The Hall–Kier alpha value is -4.44. The van der Waals surface area contributed by atoms with Crippen molar-refractivity contribution in [1.82, 2.24) is 5.01 Å². The van der Waals surface area contributed by atoms with E-state index in [1.165, 1.54) is 17.1 Å². The van der Waals surface area contributed by atoms with Crippen LogP contribution in [0.5, 0.6) is 11.5 Å². The number of carbonyl (C=O) groups excluding carboxylic acids is 1. The lowest BCUT2D eigenvalue weighted by Gasteiger charge is -2.24. The fourth-order valence-corrected chi connectivity index (χ4v) is 3.21. The zero-order chi connectivity index (χ0) is 23.8. The number of halogens is 1. The second-order valence-corrected chi connectivity index (χ2v) is 6.87. The van der Waals surface area contributed by atoms with Gasteiger partial charge >= 0.3 is 0 Å². The molecule has 9 nitrogen and oxygen atoms in total. The lowest BCUT2D eigenvalue weighted by atomic mass is 10.0. The van der Waals surface area contributed by atoms with E-state index in [2.05, 4.69) is 15.6 Å². The molecule has 33 heavy (non-hydrogen) atoms. The van der Waals surface area contributed by atoms with Crippen molar-refractivity contribution in [2.75, 3.05) is 25.7 Å². The molecule has 1 heterocycles. The molecule has 1 aliphatic rings. The van der Waals surface area contributed by atoms with Crippen molar-refractivity contribution >= 4 is 23.0 Å². The highest BCUT2D eigenvalue weighted by Crippen LogP contribution is 2.30. The second-order valence-electron chi connectivity index (χ2n) is 6.87. The van der Waals surface area contributed by atoms with Gasteiger partial charge in [-0.2, -0.15) is 20.7 Å². The maximum atomic E-state index is 14.6. The summed E-state index contributed by atoms with van der Waals surface area (Å²) in [7, 11) is 1.56. The third-order valence-electron chi connectivity index (χ3n) is 4.76. The first-order valence-electron chi connectivity index (χ1n) is 10.1. The van der Waals surface area contributed by atoms with Crippen LogP contribution in [-0.2, 0) is 0 Å². The van der Waals surface area contributed by atoms with E-state index in [1.807, 2.05) is 19.1 Å². The summed E-state index contributed by atoms with van der Waals surface area (Å²) < 4.78 is 25.6. The zero-order valence-corrected chi connectivity index (χ0v) is 18.1. The fraction of sp³-hybridized carbons (Fsp3) is 0.261. The first-order valence-corrected chi connectivity index (χ1v) is 10.1. The molecular formula is C23H21FN6O3. The van der Waals surface area contributed by atoms with Crippen molar-refractivity contribution in [2.24, 2.45) is 10.2 Å². The minimum atomic E-state index is -0.777. The molecule has 0 fully saturated rings. The van der Waals surface area contributed by atoms with E-state index in [0.717, 1.165) is 11.6 Å². The summed E-state index contributed by atoms with van der Waals surface area (Å²) in [5.41, 5.74) is 3.53. The van der Waals surface area contributed by atoms with Crippen molar-refractivity contribution in [3.05, 3.63) is 53.3 Å². The Morgan fingerprint density at radius 3 is 2.70 bits per heavy atom. The Morgan fingerprint density at radius 2 is 2.03 bits per heavy atom. The Labute approximate surface area is 190 Å². The average Bonchev–Trinajstić information content (AvgIpc) is 2.84. The summed E-state index contributed by atoms with van der Waals surface area (Å²) in [4.78, 5) is 12.9. The van der Waals surface area contributed by atoms with Gasteiger partial charge in [-0.15, -0.1) is 0 Å². The van der Waals surface area contributed by atoms with Crippen LogP contribution in [0.2, 0.25) is 0 Å². The molecular weight excluding hydrogens is 427 g/mol. The lowest BCUT2D eigenvalue weighted by Crippen LogP contribution is -2.32. The summed E-state index contributed by atoms with van der Waals surface area (Å²) in [5, 5.41) is 26.7. The quantitative estimate of drug-likeness (QED) is 0.509. The highest BCUT2D eigenvalue weighted by atomic mass is 19.1. The van der Waals surface area contributed by atoms with Crippen LogP contribution in [0.15, 0.2) is 46.6 Å². The van der Waals surface area contributed by atoms with E-state index < -0.39 is 17.4 Å². The van der Waals surface area contributed by atoms with E-state index in [1.54, 1.807) is 25.3 Å². The largest absolute Gasteiger partial charge is 0.493 e. The van der Waals surface area contributed by atoms with E-state index >= 15 is 0 Å². The van der Waals surface area contributed by atoms with Crippen molar-refractivity contribution < 1.29 is 18.7 Å². The Bertz CT molecular complexity index is 1180. The van der Waals surface area contributed by atoms with Crippen molar-refractivity contribution in [1.29, 1.82) is 10.5 Å². The molecule has 2 aromatic carbocycles. The molecule has 10 heteroatoms. The number of rotatable bonds is 7. The highest BCUT2D eigenvalue weighted by Gasteiger charge is 2.24. The number of hydrazone groups is 2. The summed E-state index contributed by atoms with van der Waals surface area (Å²) in [6.07, 6.45) is 1.33. The molecule has 1 aliphatic heterocycles. The molecule has 1 N–H and O–H groups in total. The standard InChI is InChI=1S/C23H21FN6O3/c1-3-33-22-11-15(6-9-21(22)32-2)20-5-4-10-30(29-20)23(31)18-8-7-16(12-19(18)24)27-28-17(13-25)14-26/h6-9,11-12,27H,3-5,10H2,1-2H3. The summed E-state index contributed by atoms with van der Waals surface area (Å²) in [6.45, 7) is 2.70. The number of nitriles is 2. The number of anilines is 1. The van der Waals surface area contributed by atoms with E-state index in [-0.39, 0.29) is 11.3 Å². The van der Waals surface area contributed by atoms with Crippen molar-refractivity contribution in [3.63, 3.8) is 0 Å². The molecule has 0 bridgehead atoms. The average molecular weight is 448 g/mol. The van der Waals surface area contributed by atoms with Gasteiger partial charge in [0.25, 0.3) is 5.91 Å². The second kappa shape index (κ2) is 10.7. The third-order valence-corrected chi connectivity index (χ3v) is 4.76. The molecule has 0 spiro atoms. The predicted molar refractivity (Wildman–Crippen MR) is 120 cm³/mol. The van der Waals surface area contributed by atoms with Gasteiger partial charge in [-0.25, -0.2) is 9.40 Å². The van der Waals surface area contributed by atoms with Crippen LogP contribution in [0.1, 0.15) is 35.7 Å². The Kier molecular flexibility index (Phi) is 7.55. The minimum absolute atomic E-state index is 0.153. The van der Waals surface area contributed by atoms with Gasteiger partial charge in [0, 0.05) is 12.1 Å². The number of benzene rings is 2. The summed E-state index contributed by atoms with van der Waals surface area (Å²) >= 11 is 0. The summed E-state index contributed by atoms with van der Waals surface area (Å²) in [5.74, 6) is -0.174. The predicted octanol–water partition coefficient (Wildman–Crippen LogP) is 3.69. The van der Waals surface area contributed by atoms with E-state index in [9.17, 15) is 9.18 Å². The van der Waals surface area contributed by atoms with E-state index in [0.29, 0.717) is 43.2 Å². The van der Waals surface area contributed by atoms with Gasteiger partial charge in [-0.3, -0.25) is 10.2 Å². The van der Waals surface area contributed by atoms with E-state index in [4.69, 9.17) is 20.0 Å². The van der Waals surface area contributed by atoms with Crippen molar-refractivity contribution in [2.45, 2.75) is 19.8 Å². The Morgan fingerprint density at radius 1 is 1.24 bits per heavy atom. The number of hydrogen-bond acceptors (Lipinski definition) is 8. The van der Waals surface area contributed by atoms with Crippen molar-refractivity contribution in [3.8, 4) is 23.6 Å². The van der Waals surface area contributed by atoms with Crippen LogP contribution < -0.4 is 14.9 Å². The molecule has 0 radical (unpaired) electrons. The monoisotopic (exact) mass is 448 g/mol. The van der Waals surface area contributed by atoms with Crippen LogP contribution in [0.4, 0.5) is 10.1 Å². The maximum absolute atomic E-state index is 14.6. The van der Waals surface area contributed by atoms with Gasteiger partial charge in [0.1, 0.15) is 18.0 Å². The van der Waals surface area contributed by atoms with Gasteiger partial charge < -0.3 is 9.47 Å². The normalized spacial score (nSPS) is 12.6. The van der Waals surface area contributed by atoms with Gasteiger partial charge in [0.15, 0.2) is 11.5 Å². The first kappa shape index (κ1) is 23.2. The third kappa shape index (κ3) is 5.43. The lowest BCUT2D eigenvalue weighted by molar-refractivity contribution is 0.0747. The number of ether oxygens (including phenoxy) is 2. The number of amides is 1. The van der Waals surface area contributed by atoms with Gasteiger partial charge in [0.2, 0.25) is 5.71 Å². The molecule has 0 unspecified atom stereocenters. The molecule has 0 aliphatic carbocycles. The van der Waals surface area contributed by atoms with Gasteiger partial charge in [-0.1, -0.05) is 0 Å². The number of nitrogens with one attached hydrogen (secondary N) is 1. The topological polar surface area (TPSA) is 123 Å². The minimum Gasteiger partial charge on any atom is -0.493 e. The molecule has 2 aromatic rings. The smallest absolute Gasteiger partial charge is 0.276 e. The summed E-state index contributed by atoms with van der Waals surface area (Å²) in [6, 6.07) is 12.4. The molecule has 0 saturated carbocycles. The fourth-order valence-electron chi connectivity index (χ4n) is 3.21. The SMILES string of the molecule is CCOc1cc(C2=NN(C(=O)c3ccc(NN=C(C#N)C#N)cc3F)CCC2)ccc1OC. The van der Waals surface area contributed by atoms with Crippen LogP contribution in [-0.4, -0.2) is 42.6 Å². The van der Waals surface area contributed by atoms with Gasteiger partial charge in [0.05, 0.1) is 30.7 Å². The molecule has 3 rings (SSSR count). The van der Waals surface area contributed by atoms with Crippen LogP contribution in [0.3, 0.4) is 0 Å². The molecule has 0 atom stereocenters. The van der Waals surface area contributed by atoms with Crippen LogP contribution in [0, 0.1) is 28.5 Å². The van der Waals surface area contributed by atoms with Gasteiger partial charge in [-0.05, 0) is 56.2 Å². The highest BCUT2D eigenvalue weighted by molar-refractivity contribution is 6.10. The molecule has 0 saturated heterocycles. The number of nitrogens with zero attached hydrogens (tertiary/aromatic N) is 5. The number of hydrogen-bond donors (Lipinski definition) is 1.